The summed E-state index contributed by atoms with van der Waals surface area (Å²) in [5.74, 6) is -0.474. The Hall–Kier alpha value is -3.44. The zero-order valence-corrected chi connectivity index (χ0v) is 18.8. The molecule has 0 bridgehead atoms. The smallest absolute Gasteiger partial charge is 0.251 e. The third-order valence-corrected chi connectivity index (χ3v) is 5.55. The lowest BCUT2D eigenvalue weighted by Gasteiger charge is -2.20. The summed E-state index contributed by atoms with van der Waals surface area (Å²) in [7, 11) is 0. The van der Waals surface area contributed by atoms with Crippen LogP contribution in [0.4, 0.5) is 0 Å². The van der Waals surface area contributed by atoms with E-state index in [9.17, 15) is 9.59 Å². The topological polar surface area (TPSA) is 61.4 Å². The van der Waals surface area contributed by atoms with Crippen LogP contribution in [-0.4, -0.2) is 36.3 Å². The summed E-state index contributed by atoms with van der Waals surface area (Å²) in [6.07, 6.45) is 0. The molecule has 0 fully saturated rings. The van der Waals surface area contributed by atoms with Gasteiger partial charge in [0.15, 0.2) is 0 Å². The lowest BCUT2D eigenvalue weighted by atomic mass is 10.0. The minimum absolute atomic E-state index is 0.0581. The van der Waals surface area contributed by atoms with Gasteiger partial charge in [-0.2, -0.15) is 0 Å². The van der Waals surface area contributed by atoms with Gasteiger partial charge in [-0.1, -0.05) is 80.6 Å². The lowest BCUT2D eigenvalue weighted by Crippen LogP contribution is -2.36. The molecule has 0 saturated heterocycles. The molecule has 3 rings (SSSR count). The molecular formula is C27H31N3O2. The zero-order chi connectivity index (χ0) is 22.8. The third kappa shape index (κ3) is 6.53. The average molecular weight is 430 g/mol. The van der Waals surface area contributed by atoms with Crippen LogP contribution in [0.1, 0.15) is 35.3 Å². The van der Waals surface area contributed by atoms with Crippen molar-refractivity contribution in [1.82, 2.24) is 15.5 Å². The zero-order valence-electron chi connectivity index (χ0n) is 18.8. The van der Waals surface area contributed by atoms with Crippen LogP contribution in [-0.2, 0) is 17.9 Å². The van der Waals surface area contributed by atoms with E-state index in [0.29, 0.717) is 12.1 Å². The Morgan fingerprint density at radius 1 is 0.719 bits per heavy atom. The van der Waals surface area contributed by atoms with Crippen LogP contribution in [0.15, 0.2) is 78.9 Å². The van der Waals surface area contributed by atoms with Crippen molar-refractivity contribution in [2.24, 2.45) is 0 Å². The van der Waals surface area contributed by atoms with E-state index in [2.05, 4.69) is 35.4 Å². The van der Waals surface area contributed by atoms with E-state index in [-0.39, 0.29) is 18.4 Å². The maximum Gasteiger partial charge on any atom is 0.251 e. The van der Waals surface area contributed by atoms with Crippen molar-refractivity contribution in [3.05, 3.63) is 95.6 Å². The van der Waals surface area contributed by atoms with Gasteiger partial charge < -0.3 is 10.6 Å². The van der Waals surface area contributed by atoms with Gasteiger partial charge in [-0.05, 0) is 47.5 Å². The van der Waals surface area contributed by atoms with Gasteiger partial charge in [0.2, 0.25) is 5.91 Å². The summed E-state index contributed by atoms with van der Waals surface area (Å²) < 4.78 is 0. The summed E-state index contributed by atoms with van der Waals surface area (Å²) in [6, 6.07) is 25.5. The first kappa shape index (κ1) is 23.2. The first-order chi connectivity index (χ1) is 15.6. The lowest BCUT2D eigenvalue weighted by molar-refractivity contribution is -0.120. The highest BCUT2D eigenvalue weighted by Crippen LogP contribution is 2.19. The fourth-order valence-electron chi connectivity index (χ4n) is 3.54. The molecule has 5 heteroatoms. The minimum atomic E-state index is -0.262. The monoisotopic (exact) mass is 429 g/mol. The molecule has 0 spiro atoms. The van der Waals surface area contributed by atoms with Gasteiger partial charge in [-0.3, -0.25) is 14.5 Å². The van der Waals surface area contributed by atoms with Gasteiger partial charge in [0.1, 0.15) is 0 Å². The Morgan fingerprint density at radius 3 is 1.97 bits per heavy atom. The highest BCUT2D eigenvalue weighted by atomic mass is 16.2. The summed E-state index contributed by atoms with van der Waals surface area (Å²) in [6.45, 7) is 7.49. The molecule has 0 unspecified atom stereocenters. The number of nitrogens with zero attached hydrogens (tertiary/aromatic N) is 1. The summed E-state index contributed by atoms with van der Waals surface area (Å²) in [5, 5.41) is 5.61. The number of amides is 2. The Kier molecular flexibility index (Phi) is 8.58. The molecule has 0 aliphatic rings. The van der Waals surface area contributed by atoms with Crippen molar-refractivity contribution >= 4 is 11.8 Å². The molecule has 0 saturated carbocycles. The highest BCUT2D eigenvalue weighted by molar-refractivity contribution is 5.96. The molecule has 166 valence electrons. The summed E-state index contributed by atoms with van der Waals surface area (Å²) in [5.41, 5.74) is 4.97. The third-order valence-electron chi connectivity index (χ3n) is 5.55. The van der Waals surface area contributed by atoms with E-state index in [4.69, 9.17) is 0 Å². The molecule has 2 N–H and O–H groups in total. The van der Waals surface area contributed by atoms with E-state index in [1.807, 2.05) is 60.7 Å². The molecule has 0 aliphatic carbocycles. The van der Waals surface area contributed by atoms with Gasteiger partial charge in [-0.15, -0.1) is 0 Å². The molecule has 0 heterocycles. The van der Waals surface area contributed by atoms with Crippen molar-refractivity contribution < 1.29 is 9.59 Å². The number of carbonyl (C=O) groups is 2. The Morgan fingerprint density at radius 2 is 1.31 bits per heavy atom. The highest BCUT2D eigenvalue weighted by Gasteiger charge is 2.10. The van der Waals surface area contributed by atoms with Gasteiger partial charge in [0.25, 0.3) is 5.91 Å². The Labute approximate surface area is 190 Å². The van der Waals surface area contributed by atoms with Crippen LogP contribution in [0.2, 0.25) is 0 Å². The van der Waals surface area contributed by atoms with E-state index < -0.39 is 0 Å². The number of hydrogen-bond donors (Lipinski definition) is 2. The molecule has 0 aromatic heterocycles. The molecule has 0 aliphatic heterocycles. The summed E-state index contributed by atoms with van der Waals surface area (Å²) in [4.78, 5) is 27.1. The first-order valence-electron chi connectivity index (χ1n) is 11.1. The van der Waals surface area contributed by atoms with Gasteiger partial charge >= 0.3 is 0 Å². The van der Waals surface area contributed by atoms with Crippen LogP contribution in [0.25, 0.3) is 11.1 Å². The van der Waals surface area contributed by atoms with Crippen molar-refractivity contribution in [3.63, 3.8) is 0 Å². The number of nitrogens with one attached hydrogen (secondary N) is 2. The van der Waals surface area contributed by atoms with Crippen LogP contribution >= 0.6 is 0 Å². The van der Waals surface area contributed by atoms with Crippen molar-refractivity contribution in [2.45, 2.75) is 26.9 Å². The molecule has 3 aromatic carbocycles. The quantitative estimate of drug-likeness (QED) is 0.507. The number of rotatable bonds is 10. The Balaban J connectivity index is 1.50. The second kappa shape index (κ2) is 11.8. The van der Waals surface area contributed by atoms with Gasteiger partial charge in [0, 0.05) is 18.7 Å². The standard InChI is InChI=1S/C27H31N3O2/c1-3-30(4-2)20-25-13-9-8-12-24(25)18-28-26(31)19-29-27(32)23-16-14-22(15-17-23)21-10-6-5-7-11-21/h5-17H,3-4,18-20H2,1-2H3,(H,28,31)(H,29,32). The number of benzene rings is 3. The molecule has 5 nitrogen and oxygen atoms in total. The molecule has 2 amide bonds. The SMILES string of the molecule is CCN(CC)Cc1ccccc1CNC(=O)CNC(=O)c1ccc(-c2ccccc2)cc1. The fourth-order valence-corrected chi connectivity index (χ4v) is 3.54. The van der Waals surface area contributed by atoms with E-state index >= 15 is 0 Å². The van der Waals surface area contributed by atoms with E-state index in [0.717, 1.165) is 36.3 Å². The molecule has 32 heavy (non-hydrogen) atoms. The van der Waals surface area contributed by atoms with Gasteiger partial charge in [0.05, 0.1) is 6.54 Å². The molecule has 0 radical (unpaired) electrons. The van der Waals surface area contributed by atoms with Crippen molar-refractivity contribution in [1.29, 1.82) is 0 Å². The number of hydrogen-bond acceptors (Lipinski definition) is 3. The minimum Gasteiger partial charge on any atom is -0.350 e. The van der Waals surface area contributed by atoms with Crippen molar-refractivity contribution in [2.75, 3.05) is 19.6 Å². The largest absolute Gasteiger partial charge is 0.350 e. The first-order valence-corrected chi connectivity index (χ1v) is 11.1. The number of carbonyl (C=O) groups excluding carboxylic acids is 2. The second-order valence-electron chi connectivity index (χ2n) is 7.63. The fraction of sp³-hybridized carbons (Fsp3) is 0.259. The second-order valence-corrected chi connectivity index (χ2v) is 7.63. The van der Waals surface area contributed by atoms with E-state index in [1.165, 1.54) is 5.56 Å². The van der Waals surface area contributed by atoms with Crippen LogP contribution in [0, 0.1) is 0 Å². The van der Waals surface area contributed by atoms with Crippen LogP contribution < -0.4 is 10.6 Å². The maximum atomic E-state index is 12.4. The predicted molar refractivity (Wildman–Crippen MR) is 129 cm³/mol. The van der Waals surface area contributed by atoms with Crippen LogP contribution in [0.3, 0.4) is 0 Å². The van der Waals surface area contributed by atoms with E-state index in [1.54, 1.807) is 12.1 Å². The molecular weight excluding hydrogens is 398 g/mol. The average Bonchev–Trinajstić information content (AvgIpc) is 2.85. The Bertz CT molecular complexity index is 1010. The predicted octanol–water partition coefficient (Wildman–Crippen LogP) is 4.24. The van der Waals surface area contributed by atoms with Crippen LogP contribution in [0.5, 0.6) is 0 Å². The normalized spacial score (nSPS) is 10.7. The van der Waals surface area contributed by atoms with Gasteiger partial charge in [-0.25, -0.2) is 0 Å². The molecule has 0 atom stereocenters. The summed E-state index contributed by atoms with van der Waals surface area (Å²) >= 11 is 0. The maximum absolute atomic E-state index is 12.4. The van der Waals surface area contributed by atoms with Crippen molar-refractivity contribution in [3.8, 4) is 11.1 Å². The molecule has 3 aromatic rings.